The number of aromatic nitrogens is 2. The van der Waals surface area contributed by atoms with Gasteiger partial charge in [-0.15, -0.1) is 0 Å². The van der Waals surface area contributed by atoms with Crippen molar-refractivity contribution >= 4 is 27.8 Å². The van der Waals surface area contributed by atoms with Crippen LogP contribution >= 0.6 is 15.9 Å². The third-order valence-electron chi connectivity index (χ3n) is 3.32. The second-order valence-corrected chi connectivity index (χ2v) is 6.70. The lowest BCUT2D eigenvalue weighted by atomic mass is 10.1. The van der Waals surface area contributed by atoms with Gasteiger partial charge in [-0.05, 0) is 30.5 Å². The summed E-state index contributed by atoms with van der Waals surface area (Å²) in [6.07, 6.45) is 0.886. The molecule has 7 heteroatoms. The summed E-state index contributed by atoms with van der Waals surface area (Å²) in [6, 6.07) is 9.16. The standard InChI is InChI=1S/C17H20BrN3O3/c1-11(2)7-8-19-16(22)10-24-17(23)15-9-14(20-21-15)12-3-5-13(18)6-4-12/h3-6,9,11H,7-8,10H2,1-2H3,(H,19,22)(H,20,21). The molecule has 0 fully saturated rings. The highest BCUT2D eigenvalue weighted by atomic mass is 79.9. The highest BCUT2D eigenvalue weighted by molar-refractivity contribution is 9.10. The fourth-order valence-corrected chi connectivity index (χ4v) is 2.22. The van der Waals surface area contributed by atoms with Crippen LogP contribution in [-0.4, -0.2) is 35.2 Å². The van der Waals surface area contributed by atoms with Gasteiger partial charge in [0.25, 0.3) is 5.91 Å². The Morgan fingerprint density at radius 3 is 2.67 bits per heavy atom. The molecule has 0 saturated carbocycles. The number of carbonyl (C=O) groups excluding carboxylic acids is 2. The number of benzene rings is 1. The molecule has 0 aliphatic heterocycles. The summed E-state index contributed by atoms with van der Waals surface area (Å²) in [5, 5.41) is 9.43. The lowest BCUT2D eigenvalue weighted by Crippen LogP contribution is -2.30. The molecule has 0 atom stereocenters. The molecule has 1 heterocycles. The van der Waals surface area contributed by atoms with Gasteiger partial charge in [0.15, 0.2) is 6.61 Å². The van der Waals surface area contributed by atoms with Crippen LogP contribution < -0.4 is 5.32 Å². The summed E-state index contributed by atoms with van der Waals surface area (Å²) in [5.74, 6) is -0.406. The number of halogens is 1. The molecule has 0 aliphatic carbocycles. The minimum Gasteiger partial charge on any atom is -0.451 e. The average molecular weight is 394 g/mol. The number of aromatic amines is 1. The number of rotatable bonds is 7. The van der Waals surface area contributed by atoms with Gasteiger partial charge in [0, 0.05) is 16.6 Å². The number of amides is 1. The fourth-order valence-electron chi connectivity index (χ4n) is 1.95. The molecule has 2 aromatic rings. The molecular formula is C17H20BrN3O3. The number of carbonyl (C=O) groups is 2. The molecule has 6 nitrogen and oxygen atoms in total. The SMILES string of the molecule is CC(C)CCNC(=O)COC(=O)c1cc(-c2ccc(Br)cc2)n[nH]1. The fraction of sp³-hybridized carbons (Fsp3) is 0.353. The lowest BCUT2D eigenvalue weighted by molar-refractivity contribution is -0.124. The molecule has 0 bridgehead atoms. The average Bonchev–Trinajstić information content (AvgIpc) is 3.03. The monoisotopic (exact) mass is 393 g/mol. The smallest absolute Gasteiger partial charge is 0.356 e. The Balaban J connectivity index is 1.85. The van der Waals surface area contributed by atoms with E-state index in [0.717, 1.165) is 16.5 Å². The molecular weight excluding hydrogens is 374 g/mol. The Morgan fingerprint density at radius 2 is 2.00 bits per heavy atom. The lowest BCUT2D eigenvalue weighted by Gasteiger charge is -2.07. The van der Waals surface area contributed by atoms with Gasteiger partial charge in [0.2, 0.25) is 0 Å². The Kier molecular flexibility index (Phi) is 6.54. The number of hydrogen-bond donors (Lipinski definition) is 2. The van der Waals surface area contributed by atoms with Crippen LogP contribution in [0.5, 0.6) is 0 Å². The van der Waals surface area contributed by atoms with Gasteiger partial charge in [0.1, 0.15) is 5.69 Å². The predicted octanol–water partition coefficient (Wildman–Crippen LogP) is 3.16. The van der Waals surface area contributed by atoms with E-state index in [-0.39, 0.29) is 18.2 Å². The third kappa shape index (κ3) is 5.49. The Hall–Kier alpha value is -2.15. The Labute approximate surface area is 149 Å². The number of esters is 1. The highest BCUT2D eigenvalue weighted by Gasteiger charge is 2.14. The van der Waals surface area contributed by atoms with Crippen LogP contribution in [0.25, 0.3) is 11.3 Å². The minimum absolute atomic E-state index is 0.211. The van der Waals surface area contributed by atoms with Crippen LogP contribution in [0.4, 0.5) is 0 Å². The maximum atomic E-state index is 11.9. The van der Waals surface area contributed by atoms with Crippen molar-refractivity contribution in [3.05, 3.63) is 40.5 Å². The van der Waals surface area contributed by atoms with E-state index in [4.69, 9.17) is 4.74 Å². The van der Waals surface area contributed by atoms with Crippen molar-refractivity contribution < 1.29 is 14.3 Å². The maximum absolute atomic E-state index is 11.9. The van der Waals surface area contributed by atoms with Crippen LogP contribution in [0, 0.1) is 5.92 Å². The van der Waals surface area contributed by atoms with Gasteiger partial charge in [-0.25, -0.2) is 4.79 Å². The summed E-state index contributed by atoms with van der Waals surface area (Å²) in [4.78, 5) is 23.5. The van der Waals surface area contributed by atoms with Crippen molar-refractivity contribution in [1.82, 2.24) is 15.5 Å². The van der Waals surface area contributed by atoms with E-state index in [0.29, 0.717) is 18.2 Å². The van der Waals surface area contributed by atoms with Crippen molar-refractivity contribution in [3.8, 4) is 11.3 Å². The maximum Gasteiger partial charge on any atom is 0.356 e. The molecule has 2 rings (SSSR count). The van der Waals surface area contributed by atoms with E-state index in [1.54, 1.807) is 6.07 Å². The van der Waals surface area contributed by atoms with Crippen LogP contribution in [0.3, 0.4) is 0 Å². The van der Waals surface area contributed by atoms with E-state index < -0.39 is 5.97 Å². The van der Waals surface area contributed by atoms with Crippen molar-refractivity contribution in [2.45, 2.75) is 20.3 Å². The van der Waals surface area contributed by atoms with E-state index in [2.05, 4.69) is 45.3 Å². The van der Waals surface area contributed by atoms with Crippen molar-refractivity contribution in [2.75, 3.05) is 13.2 Å². The number of nitrogens with one attached hydrogen (secondary N) is 2. The third-order valence-corrected chi connectivity index (χ3v) is 3.84. The van der Waals surface area contributed by atoms with Crippen LogP contribution in [-0.2, 0) is 9.53 Å². The molecule has 0 saturated heterocycles. The summed E-state index contributed by atoms with van der Waals surface area (Å²) in [7, 11) is 0. The van der Waals surface area contributed by atoms with Gasteiger partial charge >= 0.3 is 5.97 Å². The van der Waals surface area contributed by atoms with Gasteiger partial charge in [-0.2, -0.15) is 5.10 Å². The van der Waals surface area contributed by atoms with Gasteiger partial charge in [-0.1, -0.05) is 41.9 Å². The minimum atomic E-state index is -0.607. The molecule has 2 N–H and O–H groups in total. The van der Waals surface area contributed by atoms with E-state index in [1.807, 2.05) is 24.3 Å². The molecule has 0 unspecified atom stereocenters. The second kappa shape index (κ2) is 8.63. The topological polar surface area (TPSA) is 84.1 Å². The van der Waals surface area contributed by atoms with Crippen molar-refractivity contribution in [3.63, 3.8) is 0 Å². The number of ether oxygens (including phenoxy) is 1. The molecule has 1 aromatic heterocycles. The van der Waals surface area contributed by atoms with E-state index in [1.165, 1.54) is 0 Å². The van der Waals surface area contributed by atoms with Crippen LogP contribution in [0.15, 0.2) is 34.8 Å². The summed E-state index contributed by atoms with van der Waals surface area (Å²) >= 11 is 3.37. The number of nitrogens with zero attached hydrogens (tertiary/aromatic N) is 1. The zero-order chi connectivity index (χ0) is 17.5. The first-order valence-corrected chi connectivity index (χ1v) is 8.50. The van der Waals surface area contributed by atoms with Crippen molar-refractivity contribution in [2.24, 2.45) is 5.92 Å². The van der Waals surface area contributed by atoms with Gasteiger partial charge in [-0.3, -0.25) is 9.89 Å². The molecule has 24 heavy (non-hydrogen) atoms. The van der Waals surface area contributed by atoms with Crippen LogP contribution in [0.2, 0.25) is 0 Å². The summed E-state index contributed by atoms with van der Waals surface area (Å²) in [6.45, 7) is 4.43. The van der Waals surface area contributed by atoms with Crippen molar-refractivity contribution in [1.29, 1.82) is 0 Å². The molecule has 1 aromatic carbocycles. The molecule has 0 spiro atoms. The molecule has 0 aliphatic rings. The number of hydrogen-bond acceptors (Lipinski definition) is 4. The largest absolute Gasteiger partial charge is 0.451 e. The zero-order valence-electron chi connectivity index (χ0n) is 13.6. The van der Waals surface area contributed by atoms with Crippen LogP contribution in [0.1, 0.15) is 30.8 Å². The molecule has 0 radical (unpaired) electrons. The second-order valence-electron chi connectivity index (χ2n) is 5.78. The van der Waals surface area contributed by atoms with Gasteiger partial charge in [0.05, 0.1) is 5.69 Å². The predicted molar refractivity (Wildman–Crippen MR) is 94.5 cm³/mol. The normalized spacial score (nSPS) is 10.7. The number of H-pyrrole nitrogens is 1. The highest BCUT2D eigenvalue weighted by Crippen LogP contribution is 2.20. The quantitative estimate of drug-likeness (QED) is 0.707. The zero-order valence-corrected chi connectivity index (χ0v) is 15.2. The first kappa shape index (κ1) is 18.2. The molecule has 1 amide bonds. The molecule has 128 valence electrons. The van der Waals surface area contributed by atoms with Gasteiger partial charge < -0.3 is 10.1 Å². The van der Waals surface area contributed by atoms with E-state index >= 15 is 0 Å². The first-order valence-electron chi connectivity index (χ1n) is 7.71. The summed E-state index contributed by atoms with van der Waals surface area (Å²) in [5.41, 5.74) is 1.72. The summed E-state index contributed by atoms with van der Waals surface area (Å²) < 4.78 is 5.95. The Morgan fingerprint density at radius 1 is 1.29 bits per heavy atom. The van der Waals surface area contributed by atoms with E-state index in [9.17, 15) is 9.59 Å². The first-order chi connectivity index (χ1) is 11.5. The Bertz CT molecular complexity index is 695.